The number of aliphatic hydroxyl groups is 4. The van der Waals surface area contributed by atoms with Crippen LogP contribution in [-0.4, -0.2) is 86.1 Å². The van der Waals surface area contributed by atoms with Crippen LogP contribution in [0.2, 0.25) is 0 Å². The standard InChI is InChI=1S/C18H24N2O9/c1-9(21)20-13-11(22)7-18(28,17(26)27)29-15(13)14(24)12(23)8-19-16(25)10-5-3-2-4-6-10/h2-6,11-15,22-24,28H,7-8H2,1H3,(H,19,25)(H,20,21)(H,26,27)/t11-,12+,13+,14+,15+,18?/m0/s1. The Morgan fingerprint density at radius 1 is 1.24 bits per heavy atom. The van der Waals surface area contributed by atoms with Crippen molar-refractivity contribution in [3.8, 4) is 0 Å². The van der Waals surface area contributed by atoms with Gasteiger partial charge in [0.25, 0.3) is 11.7 Å². The number of hydrogen-bond donors (Lipinski definition) is 7. The van der Waals surface area contributed by atoms with Crippen LogP contribution in [0.1, 0.15) is 23.7 Å². The van der Waals surface area contributed by atoms with Gasteiger partial charge >= 0.3 is 5.97 Å². The molecule has 0 saturated carbocycles. The number of carbonyl (C=O) groups is 3. The maximum Gasteiger partial charge on any atom is 0.364 e. The third-order valence-corrected chi connectivity index (χ3v) is 4.53. The summed E-state index contributed by atoms with van der Waals surface area (Å²) >= 11 is 0. The molecule has 1 aliphatic heterocycles. The predicted molar refractivity (Wildman–Crippen MR) is 96.5 cm³/mol. The molecule has 1 saturated heterocycles. The van der Waals surface area contributed by atoms with E-state index in [9.17, 15) is 34.8 Å². The summed E-state index contributed by atoms with van der Waals surface area (Å²) in [5.41, 5.74) is 0.315. The molecule has 1 aromatic carbocycles. The first-order valence-electron chi connectivity index (χ1n) is 8.83. The van der Waals surface area contributed by atoms with E-state index in [2.05, 4.69) is 10.6 Å². The molecule has 2 amide bonds. The van der Waals surface area contributed by atoms with Gasteiger partial charge < -0.3 is 40.9 Å². The van der Waals surface area contributed by atoms with Crippen molar-refractivity contribution in [2.75, 3.05) is 6.54 Å². The van der Waals surface area contributed by atoms with Crippen molar-refractivity contribution in [3.05, 3.63) is 35.9 Å². The fraction of sp³-hybridized carbons (Fsp3) is 0.500. The van der Waals surface area contributed by atoms with Gasteiger partial charge in [-0.05, 0) is 12.1 Å². The first-order valence-corrected chi connectivity index (χ1v) is 8.83. The second kappa shape index (κ2) is 9.29. The summed E-state index contributed by atoms with van der Waals surface area (Å²) in [5.74, 6) is -5.76. The van der Waals surface area contributed by atoms with Crippen LogP contribution in [0.15, 0.2) is 30.3 Å². The van der Waals surface area contributed by atoms with Gasteiger partial charge in [0.1, 0.15) is 12.2 Å². The molecule has 1 heterocycles. The Bertz CT molecular complexity index is 744. The van der Waals surface area contributed by atoms with Gasteiger partial charge in [-0.1, -0.05) is 18.2 Å². The molecule has 11 nitrogen and oxygen atoms in total. The molecular weight excluding hydrogens is 388 g/mol. The Hall–Kier alpha value is -2.57. The van der Waals surface area contributed by atoms with E-state index in [0.717, 1.165) is 6.92 Å². The van der Waals surface area contributed by atoms with E-state index in [1.807, 2.05) is 0 Å². The number of carboxylic acids is 1. The SMILES string of the molecule is CC(=O)N[C@H]1[C@H]([C@H](O)[C@H](O)CNC(=O)c2ccccc2)OC(O)(C(=O)O)C[C@@H]1O. The minimum atomic E-state index is -2.83. The summed E-state index contributed by atoms with van der Waals surface area (Å²) in [6.07, 6.45) is -7.54. The summed E-state index contributed by atoms with van der Waals surface area (Å²) in [6.45, 7) is 0.688. The summed E-state index contributed by atoms with van der Waals surface area (Å²) < 4.78 is 5.05. The molecule has 1 aliphatic rings. The van der Waals surface area contributed by atoms with Crippen molar-refractivity contribution in [1.82, 2.24) is 10.6 Å². The van der Waals surface area contributed by atoms with Crippen LogP contribution < -0.4 is 10.6 Å². The monoisotopic (exact) mass is 412 g/mol. The van der Waals surface area contributed by atoms with Crippen LogP contribution in [0.4, 0.5) is 0 Å². The minimum absolute atomic E-state index is 0.315. The fourth-order valence-electron chi connectivity index (χ4n) is 3.04. The van der Waals surface area contributed by atoms with Gasteiger partial charge in [-0.2, -0.15) is 0 Å². The van der Waals surface area contributed by atoms with Crippen LogP contribution in [0.3, 0.4) is 0 Å². The molecule has 0 aliphatic carbocycles. The summed E-state index contributed by atoms with van der Waals surface area (Å²) in [6, 6.07) is 6.77. The number of benzene rings is 1. The van der Waals surface area contributed by atoms with Gasteiger partial charge in [0, 0.05) is 25.5 Å². The summed E-state index contributed by atoms with van der Waals surface area (Å²) in [5, 5.41) is 54.8. The third kappa shape index (κ3) is 5.49. The largest absolute Gasteiger partial charge is 0.477 e. The zero-order valence-corrected chi connectivity index (χ0v) is 15.6. The van der Waals surface area contributed by atoms with E-state index in [-0.39, 0.29) is 0 Å². The van der Waals surface area contributed by atoms with E-state index in [1.54, 1.807) is 30.3 Å². The number of aliphatic hydroxyl groups excluding tert-OH is 3. The summed E-state index contributed by atoms with van der Waals surface area (Å²) in [4.78, 5) is 34.7. The lowest BCUT2D eigenvalue weighted by Crippen LogP contribution is -2.67. The lowest BCUT2D eigenvalue weighted by molar-refractivity contribution is -0.294. The van der Waals surface area contributed by atoms with Crippen LogP contribution in [0.5, 0.6) is 0 Å². The Balaban J connectivity index is 2.12. The highest BCUT2D eigenvalue weighted by Gasteiger charge is 2.53. The normalized spacial score (nSPS) is 28.8. The molecule has 0 spiro atoms. The molecular formula is C18H24N2O9. The molecule has 7 N–H and O–H groups in total. The van der Waals surface area contributed by atoms with Crippen molar-refractivity contribution >= 4 is 17.8 Å². The lowest BCUT2D eigenvalue weighted by Gasteiger charge is -2.44. The molecule has 1 aromatic rings. The molecule has 6 atom stereocenters. The quantitative estimate of drug-likeness (QED) is 0.256. The highest BCUT2D eigenvalue weighted by atomic mass is 16.7. The van der Waals surface area contributed by atoms with Crippen molar-refractivity contribution < 1.29 is 44.7 Å². The van der Waals surface area contributed by atoms with E-state index in [4.69, 9.17) is 9.84 Å². The van der Waals surface area contributed by atoms with Gasteiger partial charge in [0.05, 0.1) is 18.2 Å². The average molecular weight is 412 g/mol. The molecule has 160 valence electrons. The van der Waals surface area contributed by atoms with Crippen molar-refractivity contribution in [2.45, 2.75) is 49.6 Å². The maximum atomic E-state index is 12.1. The van der Waals surface area contributed by atoms with Crippen LogP contribution >= 0.6 is 0 Å². The van der Waals surface area contributed by atoms with Crippen LogP contribution in [0, 0.1) is 0 Å². The van der Waals surface area contributed by atoms with Gasteiger partial charge in [-0.25, -0.2) is 4.79 Å². The number of rotatable bonds is 7. The van der Waals surface area contributed by atoms with Crippen molar-refractivity contribution in [2.24, 2.45) is 0 Å². The third-order valence-electron chi connectivity index (χ3n) is 4.53. The number of carbonyl (C=O) groups excluding carboxylic acids is 2. The molecule has 2 rings (SSSR count). The Kier molecular flexibility index (Phi) is 7.27. The van der Waals surface area contributed by atoms with Gasteiger partial charge in [0.2, 0.25) is 5.91 Å². The van der Waals surface area contributed by atoms with E-state index >= 15 is 0 Å². The van der Waals surface area contributed by atoms with Gasteiger partial charge in [-0.15, -0.1) is 0 Å². The first kappa shape index (κ1) is 22.7. The van der Waals surface area contributed by atoms with Gasteiger partial charge in [0.15, 0.2) is 0 Å². The molecule has 29 heavy (non-hydrogen) atoms. The van der Waals surface area contributed by atoms with E-state index in [0.29, 0.717) is 5.56 Å². The average Bonchev–Trinajstić information content (AvgIpc) is 2.67. The highest BCUT2D eigenvalue weighted by molar-refractivity contribution is 5.94. The molecule has 0 radical (unpaired) electrons. The first-order chi connectivity index (χ1) is 13.5. The van der Waals surface area contributed by atoms with E-state index in [1.165, 1.54) is 0 Å². The number of carboxylic acid groups (broad SMARTS) is 1. The second-order valence-corrected chi connectivity index (χ2v) is 6.80. The molecule has 1 unspecified atom stereocenters. The number of amides is 2. The van der Waals surface area contributed by atoms with Crippen LogP contribution in [-0.2, 0) is 14.3 Å². The number of aliphatic carboxylic acids is 1. The Morgan fingerprint density at radius 3 is 2.41 bits per heavy atom. The molecule has 0 bridgehead atoms. The van der Waals surface area contributed by atoms with Crippen molar-refractivity contribution in [3.63, 3.8) is 0 Å². The highest BCUT2D eigenvalue weighted by Crippen LogP contribution is 2.30. The molecule has 1 fully saturated rings. The zero-order valence-electron chi connectivity index (χ0n) is 15.6. The second-order valence-electron chi connectivity index (χ2n) is 6.80. The Labute approximate surface area is 165 Å². The Morgan fingerprint density at radius 2 is 1.86 bits per heavy atom. The number of hydrogen-bond acceptors (Lipinski definition) is 8. The van der Waals surface area contributed by atoms with E-state index < -0.39 is 67.0 Å². The smallest absolute Gasteiger partial charge is 0.364 e. The topological polar surface area (TPSA) is 186 Å². The summed E-state index contributed by atoms with van der Waals surface area (Å²) in [7, 11) is 0. The number of ether oxygens (including phenoxy) is 1. The van der Waals surface area contributed by atoms with Crippen LogP contribution in [0.25, 0.3) is 0 Å². The minimum Gasteiger partial charge on any atom is -0.477 e. The van der Waals surface area contributed by atoms with Crippen molar-refractivity contribution in [1.29, 1.82) is 0 Å². The fourth-order valence-corrected chi connectivity index (χ4v) is 3.04. The predicted octanol–water partition coefficient (Wildman–Crippen LogP) is -2.43. The zero-order chi connectivity index (χ0) is 21.8. The number of nitrogens with one attached hydrogen (secondary N) is 2. The van der Waals surface area contributed by atoms with Gasteiger partial charge in [-0.3, -0.25) is 9.59 Å². The molecule has 0 aromatic heterocycles. The molecule has 11 heteroatoms. The maximum absolute atomic E-state index is 12.1. The lowest BCUT2D eigenvalue weighted by atomic mass is 9.88.